The zero-order valence-electron chi connectivity index (χ0n) is 9.64. The van der Waals surface area contributed by atoms with Crippen molar-refractivity contribution < 1.29 is 0 Å². The third kappa shape index (κ3) is 3.00. The number of benzene rings is 1. The molecule has 0 unspecified atom stereocenters. The molecular formula is C11H13ClN4S. The molecule has 6 heteroatoms. The highest BCUT2D eigenvalue weighted by atomic mass is 35.5. The Labute approximate surface area is 109 Å². The standard InChI is InChI=1S/C11H13ClN4S/c1-13-6-8-3-4-9(5-10(8)12)17-11-15-14-7-16(11)2/h3-5,7,13H,6H2,1-2H3. The molecule has 0 spiro atoms. The van der Waals surface area contributed by atoms with Crippen molar-refractivity contribution in [2.24, 2.45) is 7.05 Å². The molecule has 0 bridgehead atoms. The van der Waals surface area contributed by atoms with Crippen LogP contribution in [-0.2, 0) is 13.6 Å². The van der Waals surface area contributed by atoms with Gasteiger partial charge in [-0.1, -0.05) is 17.7 Å². The molecule has 1 aromatic carbocycles. The largest absolute Gasteiger partial charge is 0.316 e. The highest BCUT2D eigenvalue weighted by Crippen LogP contribution is 2.29. The van der Waals surface area contributed by atoms with Crippen molar-refractivity contribution in [3.05, 3.63) is 35.1 Å². The molecule has 0 aliphatic heterocycles. The topological polar surface area (TPSA) is 42.7 Å². The van der Waals surface area contributed by atoms with Crippen LogP contribution < -0.4 is 5.32 Å². The van der Waals surface area contributed by atoms with Crippen LogP contribution in [0.1, 0.15) is 5.56 Å². The van der Waals surface area contributed by atoms with Crippen LogP contribution in [0.4, 0.5) is 0 Å². The summed E-state index contributed by atoms with van der Waals surface area (Å²) in [7, 11) is 3.82. The van der Waals surface area contributed by atoms with Crippen LogP contribution >= 0.6 is 23.4 Å². The van der Waals surface area contributed by atoms with Gasteiger partial charge in [0, 0.05) is 23.5 Å². The lowest BCUT2D eigenvalue weighted by Gasteiger charge is -2.06. The summed E-state index contributed by atoms with van der Waals surface area (Å²) < 4.78 is 1.88. The number of rotatable bonds is 4. The van der Waals surface area contributed by atoms with Crippen LogP contribution in [0.15, 0.2) is 34.6 Å². The molecule has 0 aliphatic rings. The first kappa shape index (κ1) is 12.4. The van der Waals surface area contributed by atoms with Gasteiger partial charge in [0.1, 0.15) is 6.33 Å². The van der Waals surface area contributed by atoms with E-state index in [1.54, 1.807) is 18.1 Å². The minimum absolute atomic E-state index is 0.770. The fraction of sp³-hybridized carbons (Fsp3) is 0.273. The second-order valence-electron chi connectivity index (χ2n) is 3.61. The number of aryl methyl sites for hydroxylation is 1. The molecule has 1 heterocycles. The van der Waals surface area contributed by atoms with Gasteiger partial charge in [0.05, 0.1) is 0 Å². The van der Waals surface area contributed by atoms with E-state index in [4.69, 9.17) is 11.6 Å². The molecule has 4 nitrogen and oxygen atoms in total. The summed E-state index contributed by atoms with van der Waals surface area (Å²) in [6, 6.07) is 6.02. The minimum atomic E-state index is 0.770. The molecule has 0 saturated heterocycles. The van der Waals surface area contributed by atoms with E-state index in [2.05, 4.69) is 15.5 Å². The Bertz CT molecular complexity index is 512. The van der Waals surface area contributed by atoms with Gasteiger partial charge in [-0.15, -0.1) is 10.2 Å². The monoisotopic (exact) mass is 268 g/mol. The van der Waals surface area contributed by atoms with Gasteiger partial charge in [0.25, 0.3) is 0 Å². The van der Waals surface area contributed by atoms with E-state index in [1.165, 1.54) is 0 Å². The average molecular weight is 269 g/mol. The number of aromatic nitrogens is 3. The molecule has 2 rings (SSSR count). The van der Waals surface area contributed by atoms with Crippen LogP contribution in [-0.4, -0.2) is 21.8 Å². The number of nitrogens with zero attached hydrogens (tertiary/aromatic N) is 3. The lowest BCUT2D eigenvalue weighted by Crippen LogP contribution is -2.05. The van der Waals surface area contributed by atoms with Crippen molar-refractivity contribution >= 4 is 23.4 Å². The summed E-state index contributed by atoms with van der Waals surface area (Å²) in [5, 5.41) is 12.6. The van der Waals surface area contributed by atoms with Gasteiger partial charge in [0.15, 0.2) is 5.16 Å². The lowest BCUT2D eigenvalue weighted by atomic mass is 10.2. The fourth-order valence-electron chi connectivity index (χ4n) is 1.40. The van der Waals surface area contributed by atoms with Crippen LogP contribution in [0.2, 0.25) is 5.02 Å². The summed E-state index contributed by atoms with van der Waals surface area (Å²) in [6.45, 7) is 0.772. The van der Waals surface area contributed by atoms with Gasteiger partial charge in [-0.3, -0.25) is 0 Å². The first-order valence-corrected chi connectivity index (χ1v) is 6.35. The van der Waals surface area contributed by atoms with E-state index in [1.807, 2.05) is 36.9 Å². The Hall–Kier alpha value is -1.04. The third-order valence-electron chi connectivity index (χ3n) is 2.27. The summed E-state index contributed by atoms with van der Waals surface area (Å²) in [5.74, 6) is 0. The maximum atomic E-state index is 6.19. The second kappa shape index (κ2) is 5.53. The maximum absolute atomic E-state index is 6.19. The van der Waals surface area contributed by atoms with Crippen molar-refractivity contribution in [2.75, 3.05) is 7.05 Å². The summed E-state index contributed by atoms with van der Waals surface area (Å²) >= 11 is 7.74. The third-order valence-corrected chi connectivity index (χ3v) is 3.66. The molecule has 0 atom stereocenters. The minimum Gasteiger partial charge on any atom is -0.316 e. The molecule has 0 aliphatic carbocycles. The van der Waals surface area contributed by atoms with Gasteiger partial charge >= 0.3 is 0 Å². The van der Waals surface area contributed by atoms with Crippen molar-refractivity contribution in [1.82, 2.24) is 20.1 Å². The maximum Gasteiger partial charge on any atom is 0.195 e. The first-order valence-electron chi connectivity index (χ1n) is 5.15. The molecule has 1 N–H and O–H groups in total. The summed E-state index contributed by atoms with van der Waals surface area (Å²) in [6.07, 6.45) is 1.68. The molecular weight excluding hydrogens is 256 g/mol. The molecule has 0 amide bonds. The van der Waals surface area contributed by atoms with E-state index in [0.717, 1.165) is 27.2 Å². The molecule has 2 aromatic rings. The average Bonchev–Trinajstić information content (AvgIpc) is 2.69. The molecule has 17 heavy (non-hydrogen) atoms. The lowest BCUT2D eigenvalue weighted by molar-refractivity contribution is 0.788. The Kier molecular flexibility index (Phi) is 4.04. The quantitative estimate of drug-likeness (QED) is 0.924. The van der Waals surface area contributed by atoms with Gasteiger partial charge in [-0.25, -0.2) is 0 Å². The Morgan fingerprint density at radius 2 is 2.29 bits per heavy atom. The fourth-order valence-corrected chi connectivity index (χ4v) is 2.51. The molecule has 0 fully saturated rings. The Balaban J connectivity index is 2.18. The van der Waals surface area contributed by atoms with Crippen LogP contribution in [0.3, 0.4) is 0 Å². The predicted molar refractivity (Wildman–Crippen MR) is 69.3 cm³/mol. The zero-order valence-corrected chi connectivity index (χ0v) is 11.2. The summed E-state index contributed by atoms with van der Waals surface area (Å²) in [4.78, 5) is 1.06. The van der Waals surface area contributed by atoms with Crippen molar-refractivity contribution in [3.63, 3.8) is 0 Å². The van der Waals surface area contributed by atoms with Gasteiger partial charge in [-0.2, -0.15) is 0 Å². The summed E-state index contributed by atoms with van der Waals surface area (Å²) in [5.41, 5.74) is 1.09. The Morgan fingerprint density at radius 3 is 2.88 bits per heavy atom. The highest BCUT2D eigenvalue weighted by Gasteiger charge is 2.06. The van der Waals surface area contributed by atoms with Crippen LogP contribution in [0.5, 0.6) is 0 Å². The van der Waals surface area contributed by atoms with Crippen LogP contribution in [0, 0.1) is 0 Å². The highest BCUT2D eigenvalue weighted by molar-refractivity contribution is 7.99. The van der Waals surface area contributed by atoms with Crippen LogP contribution in [0.25, 0.3) is 0 Å². The molecule has 0 radical (unpaired) electrons. The van der Waals surface area contributed by atoms with E-state index in [-0.39, 0.29) is 0 Å². The number of halogens is 1. The predicted octanol–water partition coefficient (Wildman–Crippen LogP) is 2.34. The van der Waals surface area contributed by atoms with E-state index in [9.17, 15) is 0 Å². The smallest absolute Gasteiger partial charge is 0.195 e. The number of hydrogen-bond donors (Lipinski definition) is 1. The van der Waals surface area contributed by atoms with Gasteiger partial charge in [-0.05, 0) is 36.5 Å². The van der Waals surface area contributed by atoms with E-state index < -0.39 is 0 Å². The van der Waals surface area contributed by atoms with Gasteiger partial charge in [0.2, 0.25) is 0 Å². The molecule has 90 valence electrons. The second-order valence-corrected chi connectivity index (χ2v) is 5.06. The van der Waals surface area contributed by atoms with E-state index in [0.29, 0.717) is 0 Å². The normalized spacial score (nSPS) is 10.8. The SMILES string of the molecule is CNCc1ccc(Sc2nncn2C)cc1Cl. The zero-order chi connectivity index (χ0) is 12.3. The first-order chi connectivity index (χ1) is 8.20. The van der Waals surface area contributed by atoms with E-state index >= 15 is 0 Å². The molecule has 0 saturated carbocycles. The number of hydrogen-bond acceptors (Lipinski definition) is 4. The van der Waals surface area contributed by atoms with Crippen molar-refractivity contribution in [3.8, 4) is 0 Å². The number of nitrogens with one attached hydrogen (secondary N) is 1. The van der Waals surface area contributed by atoms with Gasteiger partial charge < -0.3 is 9.88 Å². The Morgan fingerprint density at radius 1 is 1.47 bits per heavy atom. The van der Waals surface area contributed by atoms with Crippen molar-refractivity contribution in [2.45, 2.75) is 16.6 Å². The van der Waals surface area contributed by atoms with Crippen molar-refractivity contribution in [1.29, 1.82) is 0 Å². The molecule has 1 aromatic heterocycles.